The Hall–Kier alpha value is -0.990. The van der Waals surface area contributed by atoms with Crippen LogP contribution in [0.1, 0.15) is 52.4 Å². The second kappa shape index (κ2) is 7.26. The molecule has 9 heteroatoms. The van der Waals surface area contributed by atoms with Crippen LogP contribution in [0.2, 0.25) is 0 Å². The van der Waals surface area contributed by atoms with Crippen LogP contribution in [0.25, 0.3) is 0 Å². The molecule has 0 spiro atoms. The molecule has 4 aliphatic rings. The van der Waals surface area contributed by atoms with Gasteiger partial charge in [-0.1, -0.05) is 13.8 Å². The smallest absolute Gasteiger partial charge is 0.405 e. The molecule has 31 heavy (non-hydrogen) atoms. The van der Waals surface area contributed by atoms with Gasteiger partial charge < -0.3 is 9.84 Å². The van der Waals surface area contributed by atoms with E-state index in [0.717, 1.165) is 0 Å². The predicted molar refractivity (Wildman–Crippen MR) is 98.5 cm³/mol. The first-order valence-corrected chi connectivity index (χ1v) is 11.2. The molecule has 0 heterocycles. The summed E-state index contributed by atoms with van der Waals surface area (Å²) in [5.41, 5.74) is -4.73. The molecule has 0 aromatic heterocycles. The summed E-state index contributed by atoms with van der Waals surface area (Å²) in [4.78, 5) is 12.6. The number of ether oxygens (including phenoxy) is 1. The highest BCUT2D eigenvalue weighted by atomic mass is 19.4. The molecule has 1 N–H and O–H groups in total. The molecule has 0 radical (unpaired) electrons. The van der Waals surface area contributed by atoms with E-state index in [1.54, 1.807) is 0 Å². The fourth-order valence-corrected chi connectivity index (χ4v) is 8.10. The van der Waals surface area contributed by atoms with Gasteiger partial charge in [0.15, 0.2) is 5.41 Å². The molecule has 0 aromatic carbocycles. The van der Waals surface area contributed by atoms with Crippen LogP contribution in [0.3, 0.4) is 0 Å². The van der Waals surface area contributed by atoms with Crippen LogP contribution in [0.15, 0.2) is 0 Å². The second-order valence-corrected chi connectivity index (χ2v) is 10.6. The first-order valence-electron chi connectivity index (χ1n) is 11.2. The topological polar surface area (TPSA) is 46.5 Å². The Morgan fingerprint density at radius 1 is 0.968 bits per heavy atom. The zero-order valence-corrected chi connectivity index (χ0v) is 17.7. The number of hydrogen-bond donors (Lipinski definition) is 1. The van der Waals surface area contributed by atoms with Crippen LogP contribution in [-0.2, 0) is 9.53 Å². The molecule has 0 saturated heterocycles. The average Bonchev–Trinajstić information content (AvgIpc) is 3.39. The van der Waals surface area contributed by atoms with Crippen molar-refractivity contribution >= 4 is 5.97 Å². The Kier molecular flexibility index (Phi) is 5.42. The molecule has 0 amide bonds. The van der Waals surface area contributed by atoms with Gasteiger partial charge in [0.05, 0.1) is 12.0 Å². The average molecular weight is 456 g/mol. The second-order valence-electron chi connectivity index (χ2n) is 10.6. The Balaban J connectivity index is 1.66. The molecular weight excluding hydrogens is 426 g/mol. The Bertz CT molecular complexity index is 719. The van der Waals surface area contributed by atoms with E-state index in [-0.39, 0.29) is 37.0 Å². The van der Waals surface area contributed by atoms with Crippen LogP contribution in [0.5, 0.6) is 0 Å². The SMILES string of the molecule is CC1C2CC(C1C)C(CC1CC3CC1C(C(=O)OCCO)(C(F)(F)F)C3)(C(F)(F)F)C2. The number of alkyl halides is 6. The van der Waals surface area contributed by atoms with Crippen LogP contribution in [0.4, 0.5) is 26.3 Å². The fourth-order valence-electron chi connectivity index (χ4n) is 8.10. The molecule has 4 rings (SSSR count). The van der Waals surface area contributed by atoms with Gasteiger partial charge in [0, 0.05) is 0 Å². The van der Waals surface area contributed by atoms with Crippen molar-refractivity contribution in [3.63, 3.8) is 0 Å². The van der Waals surface area contributed by atoms with E-state index in [1.165, 1.54) is 0 Å². The summed E-state index contributed by atoms with van der Waals surface area (Å²) >= 11 is 0. The molecule has 4 aliphatic carbocycles. The Labute approximate surface area is 177 Å². The van der Waals surface area contributed by atoms with Gasteiger partial charge in [-0.25, -0.2) is 0 Å². The van der Waals surface area contributed by atoms with Crippen molar-refractivity contribution < 1.29 is 41.0 Å². The van der Waals surface area contributed by atoms with Crippen molar-refractivity contribution in [1.82, 2.24) is 0 Å². The number of esters is 1. The Morgan fingerprint density at radius 2 is 1.65 bits per heavy atom. The lowest BCUT2D eigenvalue weighted by molar-refractivity contribution is -0.269. The van der Waals surface area contributed by atoms with Gasteiger partial charge in [0.25, 0.3) is 0 Å². The van der Waals surface area contributed by atoms with Crippen molar-refractivity contribution in [2.75, 3.05) is 13.2 Å². The van der Waals surface area contributed by atoms with E-state index >= 15 is 0 Å². The van der Waals surface area contributed by atoms with Crippen molar-refractivity contribution in [3.8, 4) is 0 Å². The number of fused-ring (bicyclic) bond motifs is 4. The van der Waals surface area contributed by atoms with Gasteiger partial charge in [-0.2, -0.15) is 26.3 Å². The number of halogens is 6. The van der Waals surface area contributed by atoms with Gasteiger partial charge >= 0.3 is 18.3 Å². The highest BCUT2D eigenvalue weighted by Gasteiger charge is 2.75. The minimum atomic E-state index is -4.90. The maximum Gasteiger partial charge on any atom is 0.405 e. The maximum atomic E-state index is 14.5. The fraction of sp³-hybridized carbons (Fsp3) is 0.955. The molecule has 4 fully saturated rings. The molecule has 9 unspecified atom stereocenters. The Morgan fingerprint density at radius 3 is 2.13 bits per heavy atom. The zero-order chi connectivity index (χ0) is 23.0. The molecule has 0 aromatic rings. The van der Waals surface area contributed by atoms with E-state index in [9.17, 15) is 31.1 Å². The number of carbonyl (C=O) groups excluding carboxylic acids is 1. The van der Waals surface area contributed by atoms with E-state index in [2.05, 4.69) is 0 Å². The summed E-state index contributed by atoms with van der Waals surface area (Å²) < 4.78 is 90.9. The zero-order valence-electron chi connectivity index (χ0n) is 17.7. The van der Waals surface area contributed by atoms with E-state index in [1.807, 2.05) is 13.8 Å². The van der Waals surface area contributed by atoms with Gasteiger partial charge in [-0.15, -0.1) is 0 Å². The molecule has 0 aliphatic heterocycles. The lowest BCUT2D eigenvalue weighted by Gasteiger charge is -2.48. The monoisotopic (exact) mass is 456 g/mol. The van der Waals surface area contributed by atoms with Crippen LogP contribution in [-0.4, -0.2) is 36.6 Å². The van der Waals surface area contributed by atoms with Crippen molar-refractivity contribution in [1.29, 1.82) is 0 Å². The number of rotatable bonds is 5. The third-order valence-electron chi connectivity index (χ3n) is 9.52. The van der Waals surface area contributed by atoms with Crippen LogP contribution < -0.4 is 0 Å². The quantitative estimate of drug-likeness (QED) is 0.447. The largest absolute Gasteiger partial charge is 0.463 e. The summed E-state index contributed by atoms with van der Waals surface area (Å²) in [6.45, 7) is 2.65. The maximum absolute atomic E-state index is 14.5. The first-order chi connectivity index (χ1) is 14.3. The summed E-state index contributed by atoms with van der Waals surface area (Å²) in [5, 5.41) is 8.86. The highest BCUT2D eigenvalue weighted by molar-refractivity contribution is 5.79. The normalized spacial score (nSPS) is 46.7. The minimum Gasteiger partial charge on any atom is -0.463 e. The summed E-state index contributed by atoms with van der Waals surface area (Å²) in [6, 6.07) is 0. The molecule has 3 nitrogen and oxygen atoms in total. The van der Waals surface area contributed by atoms with Gasteiger partial charge in [-0.05, 0) is 80.0 Å². The number of aliphatic hydroxyl groups excluding tert-OH is 1. The molecule has 4 saturated carbocycles. The molecule has 178 valence electrons. The molecular formula is C22H30F6O3. The lowest BCUT2D eigenvalue weighted by Crippen LogP contribution is -2.54. The summed E-state index contributed by atoms with van der Waals surface area (Å²) in [5.74, 6) is -4.46. The highest BCUT2D eigenvalue weighted by Crippen LogP contribution is 2.72. The van der Waals surface area contributed by atoms with E-state index in [0.29, 0.717) is 12.8 Å². The van der Waals surface area contributed by atoms with Gasteiger partial charge in [0.1, 0.15) is 6.61 Å². The lowest BCUT2D eigenvalue weighted by atomic mass is 9.58. The predicted octanol–water partition coefficient (Wildman–Crippen LogP) is 5.37. The number of carbonyl (C=O) groups is 1. The van der Waals surface area contributed by atoms with E-state index < -0.39 is 72.5 Å². The van der Waals surface area contributed by atoms with Crippen molar-refractivity contribution in [3.05, 3.63) is 0 Å². The molecule has 9 atom stereocenters. The van der Waals surface area contributed by atoms with Crippen LogP contribution in [0, 0.1) is 52.3 Å². The van der Waals surface area contributed by atoms with E-state index in [4.69, 9.17) is 9.84 Å². The summed E-state index contributed by atoms with van der Waals surface area (Å²) in [6.07, 6.45) is -9.29. The summed E-state index contributed by atoms with van der Waals surface area (Å²) in [7, 11) is 0. The van der Waals surface area contributed by atoms with Crippen LogP contribution >= 0.6 is 0 Å². The minimum absolute atomic E-state index is 0.0193. The first kappa shape index (κ1) is 23.2. The third kappa shape index (κ3) is 3.15. The van der Waals surface area contributed by atoms with Crippen molar-refractivity contribution in [2.24, 2.45) is 52.3 Å². The standard InChI is InChI=1S/C22H30F6O3/c1-11-12(2)16-7-14(11)9-19(16,21(23,24)25)10-15-5-13-6-17(15)20(8-13,22(26,27)28)18(30)31-4-3-29/h11-17,29H,3-10H2,1-2H3. The number of hydrogen-bond acceptors (Lipinski definition) is 3. The number of aliphatic hydroxyl groups is 1. The van der Waals surface area contributed by atoms with Crippen molar-refractivity contribution in [2.45, 2.75) is 64.7 Å². The molecule has 4 bridgehead atoms. The van der Waals surface area contributed by atoms with Gasteiger partial charge in [-0.3, -0.25) is 4.79 Å². The van der Waals surface area contributed by atoms with Gasteiger partial charge in [0.2, 0.25) is 0 Å². The third-order valence-corrected chi connectivity index (χ3v) is 9.52.